The van der Waals surface area contributed by atoms with Crippen molar-refractivity contribution < 1.29 is 9.59 Å². The average Bonchev–Trinajstić information content (AvgIpc) is 2.71. The lowest BCUT2D eigenvalue weighted by atomic mass is 10.4. The molecule has 18 heavy (non-hydrogen) atoms. The third-order valence-electron chi connectivity index (χ3n) is 2.19. The van der Waals surface area contributed by atoms with Gasteiger partial charge in [-0.1, -0.05) is 6.92 Å². The van der Waals surface area contributed by atoms with Crippen LogP contribution < -0.4 is 16.8 Å². The van der Waals surface area contributed by atoms with Gasteiger partial charge in [0.15, 0.2) is 17.0 Å². The highest BCUT2D eigenvalue weighted by molar-refractivity contribution is 5.98. The zero-order valence-electron chi connectivity index (χ0n) is 9.52. The summed E-state index contributed by atoms with van der Waals surface area (Å²) in [6, 6.07) is -0.813. The van der Waals surface area contributed by atoms with Crippen LogP contribution in [0.5, 0.6) is 0 Å². The lowest BCUT2D eigenvalue weighted by Gasteiger charge is -2.02. The van der Waals surface area contributed by atoms with Crippen LogP contribution in [0, 0.1) is 0 Å². The van der Waals surface area contributed by atoms with Crippen molar-refractivity contribution in [2.45, 2.75) is 13.3 Å². The number of primary amides is 2. The van der Waals surface area contributed by atoms with Crippen LogP contribution in [0.1, 0.15) is 23.4 Å². The molecule has 0 radical (unpaired) electrons. The van der Waals surface area contributed by atoms with Crippen molar-refractivity contribution in [1.29, 1.82) is 0 Å². The van der Waals surface area contributed by atoms with Crippen molar-refractivity contribution in [2.24, 2.45) is 11.5 Å². The molecule has 0 aliphatic heterocycles. The first-order valence-corrected chi connectivity index (χ1v) is 5.14. The van der Waals surface area contributed by atoms with Crippen molar-refractivity contribution >= 4 is 28.9 Å². The van der Waals surface area contributed by atoms with Gasteiger partial charge in [-0.05, 0) is 0 Å². The molecule has 0 fully saturated rings. The van der Waals surface area contributed by atoms with Crippen molar-refractivity contribution in [3.05, 3.63) is 11.6 Å². The minimum absolute atomic E-state index is 0.0530. The van der Waals surface area contributed by atoms with Gasteiger partial charge < -0.3 is 16.5 Å². The molecule has 2 rings (SSSR count). The Labute approximate surface area is 101 Å². The van der Waals surface area contributed by atoms with Crippen LogP contribution in [0.4, 0.5) is 10.6 Å². The number of carbonyl (C=O) groups is 2. The second-order valence-electron chi connectivity index (χ2n) is 3.48. The third kappa shape index (κ3) is 2.05. The van der Waals surface area contributed by atoms with E-state index in [0.717, 1.165) is 0 Å². The van der Waals surface area contributed by atoms with Crippen molar-refractivity contribution in [1.82, 2.24) is 19.9 Å². The number of rotatable bonds is 3. The molecule has 0 atom stereocenters. The summed E-state index contributed by atoms with van der Waals surface area (Å²) in [5.74, 6) is -0.333. The highest BCUT2D eigenvalue weighted by atomic mass is 16.2. The number of imidazole rings is 1. The molecular weight excluding hydrogens is 238 g/mol. The summed E-state index contributed by atoms with van der Waals surface area (Å²) in [6.45, 7) is 1.89. The van der Waals surface area contributed by atoms with E-state index in [1.165, 1.54) is 0 Å². The molecule has 0 spiro atoms. The first kappa shape index (κ1) is 11.8. The lowest BCUT2D eigenvalue weighted by molar-refractivity contribution is 0.0991. The molecule has 3 amide bonds. The van der Waals surface area contributed by atoms with Crippen LogP contribution in [-0.2, 0) is 6.42 Å². The van der Waals surface area contributed by atoms with E-state index >= 15 is 0 Å². The minimum atomic E-state index is -0.813. The van der Waals surface area contributed by atoms with Gasteiger partial charge in [-0.25, -0.2) is 19.7 Å². The topological polar surface area (TPSA) is 153 Å². The van der Waals surface area contributed by atoms with Crippen molar-refractivity contribution in [3.8, 4) is 0 Å². The van der Waals surface area contributed by atoms with Crippen LogP contribution in [0.2, 0.25) is 0 Å². The largest absolute Gasteiger partial charge is 0.363 e. The van der Waals surface area contributed by atoms with Crippen LogP contribution in [0.15, 0.2) is 0 Å². The van der Waals surface area contributed by atoms with E-state index in [9.17, 15) is 9.59 Å². The van der Waals surface area contributed by atoms with Gasteiger partial charge in [0.05, 0.1) is 0 Å². The predicted octanol–water partition coefficient (Wildman–Crippen LogP) is -0.495. The Hall–Kier alpha value is -2.71. The average molecular weight is 249 g/mol. The van der Waals surface area contributed by atoms with Crippen LogP contribution >= 0.6 is 0 Å². The number of aromatic nitrogens is 4. The number of nitrogens with zero attached hydrogens (tertiary/aromatic N) is 3. The molecule has 0 saturated carbocycles. The molecule has 0 aromatic carbocycles. The Morgan fingerprint density at radius 3 is 2.56 bits per heavy atom. The number of fused-ring (bicyclic) bond motifs is 1. The number of nitrogens with one attached hydrogen (secondary N) is 2. The van der Waals surface area contributed by atoms with E-state index in [-0.39, 0.29) is 11.6 Å². The molecule has 0 saturated heterocycles. The second kappa shape index (κ2) is 4.28. The van der Waals surface area contributed by atoms with E-state index in [1.807, 2.05) is 6.92 Å². The number of aryl methyl sites for hydroxylation is 1. The van der Waals surface area contributed by atoms with E-state index < -0.39 is 11.9 Å². The molecule has 2 aromatic rings. The van der Waals surface area contributed by atoms with Crippen LogP contribution in [0.25, 0.3) is 11.2 Å². The smallest absolute Gasteiger partial charge is 0.317 e. The fourth-order valence-corrected chi connectivity index (χ4v) is 1.43. The number of amides is 3. The standard InChI is InChI=1S/C9H11N7O2/c1-2-3-12-4-6(13-3)14-8(5(10)17)15-7(4)16-9(11)18/h2H2,1H3,(H2,10,17)(H4,11,12,13,14,15,16,18). The summed E-state index contributed by atoms with van der Waals surface area (Å²) in [4.78, 5) is 36.7. The first-order valence-electron chi connectivity index (χ1n) is 5.14. The Morgan fingerprint density at radius 2 is 2.00 bits per heavy atom. The third-order valence-corrected chi connectivity index (χ3v) is 2.19. The Balaban J connectivity index is 2.66. The van der Waals surface area contributed by atoms with Crippen LogP contribution in [-0.4, -0.2) is 31.9 Å². The maximum absolute atomic E-state index is 11.1. The predicted molar refractivity (Wildman–Crippen MR) is 62.8 cm³/mol. The maximum atomic E-state index is 11.1. The minimum Gasteiger partial charge on any atom is -0.363 e. The van der Waals surface area contributed by atoms with Crippen molar-refractivity contribution in [3.63, 3.8) is 0 Å². The molecular formula is C9H11N7O2. The van der Waals surface area contributed by atoms with E-state index in [2.05, 4.69) is 25.3 Å². The van der Waals surface area contributed by atoms with Gasteiger partial charge in [0, 0.05) is 6.42 Å². The normalized spacial score (nSPS) is 10.5. The Kier molecular flexibility index (Phi) is 2.80. The molecule has 2 heterocycles. The van der Waals surface area contributed by atoms with Gasteiger partial charge in [0.1, 0.15) is 5.82 Å². The molecule has 2 aromatic heterocycles. The molecule has 0 aliphatic carbocycles. The molecule has 9 nitrogen and oxygen atoms in total. The SMILES string of the molecule is CCc1nc2c(NC(N)=O)nc(C(N)=O)nc2[nH]1. The van der Waals surface area contributed by atoms with Gasteiger partial charge in [0.25, 0.3) is 5.91 Å². The van der Waals surface area contributed by atoms with Crippen LogP contribution in [0.3, 0.4) is 0 Å². The number of aromatic amines is 1. The summed E-state index contributed by atoms with van der Waals surface area (Å²) in [7, 11) is 0. The van der Waals surface area contributed by atoms with Gasteiger partial charge in [0.2, 0.25) is 5.82 Å². The first-order chi connectivity index (χ1) is 8.51. The summed E-state index contributed by atoms with van der Waals surface area (Å²) in [5.41, 5.74) is 10.8. The van der Waals surface area contributed by atoms with E-state index in [4.69, 9.17) is 11.5 Å². The monoisotopic (exact) mass is 249 g/mol. The molecule has 94 valence electrons. The highest BCUT2D eigenvalue weighted by Gasteiger charge is 2.15. The zero-order valence-corrected chi connectivity index (χ0v) is 9.52. The Bertz CT molecular complexity index is 633. The van der Waals surface area contributed by atoms with Gasteiger partial charge in [-0.15, -0.1) is 0 Å². The molecule has 0 bridgehead atoms. The highest BCUT2D eigenvalue weighted by Crippen LogP contribution is 2.18. The number of carbonyl (C=O) groups excluding carboxylic acids is 2. The summed E-state index contributed by atoms with van der Waals surface area (Å²) >= 11 is 0. The van der Waals surface area contributed by atoms with E-state index in [1.54, 1.807) is 0 Å². The number of hydrogen-bond donors (Lipinski definition) is 4. The summed E-state index contributed by atoms with van der Waals surface area (Å²) in [6.07, 6.45) is 0.637. The number of urea groups is 1. The zero-order chi connectivity index (χ0) is 13.3. The maximum Gasteiger partial charge on any atom is 0.317 e. The number of H-pyrrole nitrogens is 1. The fourth-order valence-electron chi connectivity index (χ4n) is 1.43. The number of anilines is 1. The molecule has 0 aliphatic rings. The van der Waals surface area contributed by atoms with Gasteiger partial charge >= 0.3 is 6.03 Å². The van der Waals surface area contributed by atoms with Gasteiger partial charge in [-0.2, -0.15) is 0 Å². The quantitative estimate of drug-likeness (QED) is 0.577. The molecule has 6 N–H and O–H groups in total. The molecule has 9 heteroatoms. The summed E-state index contributed by atoms with van der Waals surface area (Å²) in [5, 5.41) is 2.28. The number of nitrogens with two attached hydrogens (primary N) is 2. The fraction of sp³-hybridized carbons (Fsp3) is 0.222. The molecule has 0 unspecified atom stereocenters. The summed E-state index contributed by atoms with van der Waals surface area (Å²) < 4.78 is 0. The Morgan fingerprint density at radius 1 is 1.28 bits per heavy atom. The lowest BCUT2D eigenvalue weighted by Crippen LogP contribution is -2.22. The number of hydrogen-bond acceptors (Lipinski definition) is 5. The van der Waals surface area contributed by atoms with E-state index in [0.29, 0.717) is 23.4 Å². The van der Waals surface area contributed by atoms with Crippen molar-refractivity contribution in [2.75, 3.05) is 5.32 Å². The second-order valence-corrected chi connectivity index (χ2v) is 3.48. The van der Waals surface area contributed by atoms with Gasteiger partial charge in [-0.3, -0.25) is 10.1 Å².